The van der Waals surface area contributed by atoms with Crippen molar-refractivity contribution in [2.75, 3.05) is 13.7 Å². The van der Waals surface area contributed by atoms with Crippen LogP contribution >= 0.6 is 0 Å². The molecule has 0 saturated heterocycles. The molecule has 0 bridgehead atoms. The van der Waals surface area contributed by atoms with E-state index in [9.17, 15) is 18.8 Å². The molecule has 1 heterocycles. The SMILES string of the molecule is CCO[C@@H]1C[C@@](NC(=O)c2cc(=O)c3ccc(F)cc3o2)(C(=O)OC)C1(C)C. The first-order valence-electron chi connectivity index (χ1n) is 8.92. The molecule has 0 radical (unpaired) electrons. The number of carbonyl (C=O) groups is 2. The van der Waals surface area contributed by atoms with Crippen molar-refractivity contribution in [1.82, 2.24) is 5.32 Å². The van der Waals surface area contributed by atoms with Crippen molar-refractivity contribution >= 4 is 22.8 Å². The number of nitrogens with one attached hydrogen (secondary N) is 1. The molecule has 150 valence electrons. The van der Waals surface area contributed by atoms with Gasteiger partial charge in [-0.3, -0.25) is 9.59 Å². The first-order chi connectivity index (χ1) is 13.2. The summed E-state index contributed by atoms with van der Waals surface area (Å²) in [7, 11) is 1.24. The zero-order valence-corrected chi connectivity index (χ0v) is 16.1. The largest absolute Gasteiger partial charge is 0.467 e. The molecule has 2 atom stereocenters. The summed E-state index contributed by atoms with van der Waals surface area (Å²) in [5.41, 5.74) is -2.63. The molecule has 1 N–H and O–H groups in total. The molecule has 1 aliphatic carbocycles. The van der Waals surface area contributed by atoms with Crippen LogP contribution in [0.15, 0.2) is 33.5 Å². The zero-order chi connectivity index (χ0) is 20.7. The number of hydrogen-bond donors (Lipinski definition) is 1. The minimum atomic E-state index is -1.34. The summed E-state index contributed by atoms with van der Waals surface area (Å²) in [5.74, 6) is -2.30. The van der Waals surface area contributed by atoms with Gasteiger partial charge in [-0.1, -0.05) is 13.8 Å². The van der Waals surface area contributed by atoms with Crippen molar-refractivity contribution in [1.29, 1.82) is 0 Å². The molecule has 0 aliphatic heterocycles. The van der Waals surface area contributed by atoms with Crippen LogP contribution in [-0.2, 0) is 14.3 Å². The normalized spacial score (nSPS) is 23.1. The summed E-state index contributed by atoms with van der Waals surface area (Å²) in [6, 6.07) is 4.47. The number of esters is 1. The highest BCUT2D eigenvalue weighted by Gasteiger charge is 2.67. The fourth-order valence-corrected chi connectivity index (χ4v) is 3.69. The average molecular weight is 391 g/mol. The molecular formula is C20H22FNO6. The third-order valence-corrected chi connectivity index (χ3v) is 5.54. The standard InChI is InChI=1S/C20H22FNO6/c1-5-27-16-10-20(18(25)26-4,19(16,2)3)22-17(24)15-9-13(23)12-7-6-11(21)8-14(12)28-15/h6-9,16H,5,10H2,1-4H3,(H,22,24)/t16-,20-/m1/s1. The van der Waals surface area contributed by atoms with Gasteiger partial charge in [0.05, 0.1) is 18.6 Å². The van der Waals surface area contributed by atoms with Gasteiger partial charge in [0, 0.05) is 30.6 Å². The molecule has 3 rings (SSSR count). The summed E-state index contributed by atoms with van der Waals surface area (Å²) in [6.45, 7) is 5.89. The number of amides is 1. The summed E-state index contributed by atoms with van der Waals surface area (Å²) in [4.78, 5) is 37.6. The molecule has 1 aromatic carbocycles. The Bertz CT molecular complexity index is 998. The van der Waals surface area contributed by atoms with Crippen molar-refractivity contribution < 1.29 is 27.9 Å². The predicted octanol–water partition coefficient (Wildman–Crippen LogP) is 2.41. The van der Waals surface area contributed by atoms with Gasteiger partial charge in [0.25, 0.3) is 5.91 Å². The number of halogens is 1. The second-order valence-corrected chi connectivity index (χ2v) is 7.34. The number of carbonyl (C=O) groups excluding carboxylic acids is 2. The van der Waals surface area contributed by atoms with Crippen LogP contribution in [-0.4, -0.2) is 37.2 Å². The van der Waals surface area contributed by atoms with Crippen molar-refractivity contribution in [3.63, 3.8) is 0 Å². The van der Waals surface area contributed by atoms with Gasteiger partial charge in [0.2, 0.25) is 0 Å². The van der Waals surface area contributed by atoms with E-state index in [2.05, 4.69) is 5.32 Å². The number of ether oxygens (including phenoxy) is 2. The Morgan fingerprint density at radius 3 is 2.64 bits per heavy atom. The van der Waals surface area contributed by atoms with Crippen molar-refractivity contribution in [3.05, 3.63) is 46.1 Å². The predicted molar refractivity (Wildman–Crippen MR) is 98.5 cm³/mol. The Labute approximate surface area is 160 Å². The van der Waals surface area contributed by atoms with E-state index in [0.29, 0.717) is 6.61 Å². The van der Waals surface area contributed by atoms with Crippen LogP contribution in [0.4, 0.5) is 4.39 Å². The van der Waals surface area contributed by atoms with Gasteiger partial charge in [-0.2, -0.15) is 0 Å². The smallest absolute Gasteiger partial charge is 0.332 e. The first-order valence-corrected chi connectivity index (χ1v) is 8.92. The zero-order valence-electron chi connectivity index (χ0n) is 16.1. The van der Waals surface area contributed by atoms with E-state index >= 15 is 0 Å². The second-order valence-electron chi connectivity index (χ2n) is 7.34. The Morgan fingerprint density at radius 1 is 1.32 bits per heavy atom. The Morgan fingerprint density at radius 2 is 2.04 bits per heavy atom. The molecule has 8 heteroatoms. The van der Waals surface area contributed by atoms with Gasteiger partial charge in [-0.15, -0.1) is 0 Å². The molecule has 1 aliphatic rings. The maximum absolute atomic E-state index is 13.5. The topological polar surface area (TPSA) is 94.8 Å². The van der Waals surface area contributed by atoms with Crippen LogP contribution in [0.3, 0.4) is 0 Å². The van der Waals surface area contributed by atoms with Gasteiger partial charge in [0.1, 0.15) is 16.9 Å². The number of methoxy groups -OCH3 is 1. The monoisotopic (exact) mass is 391 g/mol. The molecule has 2 aromatic rings. The van der Waals surface area contributed by atoms with Crippen molar-refractivity contribution in [2.45, 2.75) is 38.8 Å². The third-order valence-electron chi connectivity index (χ3n) is 5.54. The van der Waals surface area contributed by atoms with Crippen molar-refractivity contribution in [2.24, 2.45) is 5.41 Å². The van der Waals surface area contributed by atoms with Crippen LogP contribution in [0.5, 0.6) is 0 Å². The molecule has 1 aromatic heterocycles. The third kappa shape index (κ3) is 2.97. The molecule has 1 saturated carbocycles. The van der Waals surface area contributed by atoms with Crippen LogP contribution in [0, 0.1) is 11.2 Å². The number of hydrogen-bond acceptors (Lipinski definition) is 6. The molecule has 0 unspecified atom stereocenters. The molecule has 1 fully saturated rings. The second kappa shape index (κ2) is 7.01. The molecular weight excluding hydrogens is 369 g/mol. The van der Waals surface area contributed by atoms with Gasteiger partial charge < -0.3 is 19.2 Å². The quantitative estimate of drug-likeness (QED) is 0.787. The van der Waals surface area contributed by atoms with Crippen LogP contribution in [0.2, 0.25) is 0 Å². The Hall–Kier alpha value is -2.74. The molecule has 0 spiro atoms. The highest BCUT2D eigenvalue weighted by atomic mass is 19.1. The fourth-order valence-electron chi connectivity index (χ4n) is 3.69. The van der Waals surface area contributed by atoms with E-state index in [1.54, 1.807) is 13.8 Å². The molecule has 7 nitrogen and oxygen atoms in total. The van der Waals surface area contributed by atoms with Crippen LogP contribution < -0.4 is 10.7 Å². The Balaban J connectivity index is 1.97. The summed E-state index contributed by atoms with van der Waals surface area (Å²) < 4.78 is 29.4. The van der Waals surface area contributed by atoms with Gasteiger partial charge >= 0.3 is 5.97 Å². The van der Waals surface area contributed by atoms with E-state index in [1.165, 1.54) is 13.2 Å². The van der Waals surface area contributed by atoms with E-state index in [4.69, 9.17) is 13.9 Å². The lowest BCUT2D eigenvalue weighted by molar-refractivity contribution is -0.193. The highest BCUT2D eigenvalue weighted by molar-refractivity contribution is 5.98. The Kier molecular flexibility index (Phi) is 5.01. The van der Waals surface area contributed by atoms with E-state index in [-0.39, 0.29) is 29.3 Å². The van der Waals surface area contributed by atoms with Crippen LogP contribution in [0.1, 0.15) is 37.7 Å². The average Bonchev–Trinajstić information content (AvgIpc) is 2.65. The number of benzene rings is 1. The summed E-state index contributed by atoms with van der Waals surface area (Å²) >= 11 is 0. The fraction of sp³-hybridized carbons (Fsp3) is 0.450. The highest BCUT2D eigenvalue weighted by Crippen LogP contribution is 2.52. The van der Waals surface area contributed by atoms with Gasteiger partial charge in [-0.05, 0) is 19.1 Å². The maximum Gasteiger partial charge on any atom is 0.332 e. The van der Waals surface area contributed by atoms with Gasteiger partial charge in [-0.25, -0.2) is 9.18 Å². The van der Waals surface area contributed by atoms with Crippen molar-refractivity contribution in [3.8, 4) is 0 Å². The lowest BCUT2D eigenvalue weighted by atomic mass is 9.54. The number of fused-ring (bicyclic) bond motifs is 1. The summed E-state index contributed by atoms with van der Waals surface area (Å²) in [5, 5.41) is 2.82. The maximum atomic E-state index is 13.5. The molecule has 28 heavy (non-hydrogen) atoms. The lowest BCUT2D eigenvalue weighted by Gasteiger charge is -2.58. The summed E-state index contributed by atoms with van der Waals surface area (Å²) in [6.07, 6.45) is -0.0341. The first kappa shape index (κ1) is 20.0. The van der Waals surface area contributed by atoms with Crippen LogP contribution in [0.25, 0.3) is 11.0 Å². The minimum Gasteiger partial charge on any atom is -0.467 e. The lowest BCUT2D eigenvalue weighted by Crippen LogP contribution is -2.76. The van der Waals surface area contributed by atoms with Gasteiger partial charge in [0.15, 0.2) is 11.2 Å². The van der Waals surface area contributed by atoms with E-state index in [1.807, 2.05) is 6.92 Å². The van der Waals surface area contributed by atoms with E-state index in [0.717, 1.165) is 18.2 Å². The van der Waals surface area contributed by atoms with E-state index < -0.39 is 34.1 Å². The minimum absolute atomic E-state index is 0.0511. The number of rotatable bonds is 5. The molecule has 1 amide bonds.